The summed E-state index contributed by atoms with van der Waals surface area (Å²) in [5, 5.41) is 17.9. The minimum absolute atomic E-state index is 0.0206. The number of hydrogen-bond donors (Lipinski definition) is 1. The Bertz CT molecular complexity index is 807. The minimum Gasteiger partial charge on any atom is -0.470 e. The minimum atomic E-state index is -0.532. The number of nitro benzene ring substituents is 1. The number of carbonyl (C=O) groups is 1. The molecule has 10 heteroatoms. The summed E-state index contributed by atoms with van der Waals surface area (Å²) in [5.41, 5.74) is 0.178. The maximum absolute atomic E-state index is 12.1. The highest BCUT2D eigenvalue weighted by Gasteiger charge is 2.12. The Morgan fingerprint density at radius 2 is 2.11 bits per heavy atom. The Kier molecular flexibility index (Phi) is 8.21. The van der Waals surface area contributed by atoms with Gasteiger partial charge >= 0.3 is 0 Å². The number of hydrogen-bond acceptors (Lipinski definition) is 6. The molecule has 0 radical (unpaired) electrons. The van der Waals surface area contributed by atoms with Gasteiger partial charge in [0.25, 0.3) is 11.6 Å². The molecule has 0 saturated heterocycles. The highest BCUT2D eigenvalue weighted by Crippen LogP contribution is 2.28. The van der Waals surface area contributed by atoms with Crippen molar-refractivity contribution in [3.63, 3.8) is 0 Å². The van der Waals surface area contributed by atoms with E-state index in [2.05, 4.69) is 29.2 Å². The predicted molar refractivity (Wildman–Crippen MR) is 106 cm³/mol. The summed E-state index contributed by atoms with van der Waals surface area (Å²) in [6.07, 6.45) is 2.49. The molecule has 0 aliphatic heterocycles. The maximum Gasteiger partial charge on any atom is 0.271 e. The number of non-ortho nitro benzene ring substituents is 1. The molecular formula is C18H24ClN5O4. The van der Waals surface area contributed by atoms with Crippen LogP contribution in [0, 0.1) is 10.1 Å². The molecule has 0 spiro atoms. The van der Waals surface area contributed by atoms with Crippen LogP contribution in [-0.2, 0) is 6.73 Å². The first-order chi connectivity index (χ1) is 13.4. The third-order valence-electron chi connectivity index (χ3n) is 4.18. The highest BCUT2D eigenvalue weighted by atomic mass is 35.5. The number of halogens is 1. The van der Waals surface area contributed by atoms with E-state index in [1.54, 1.807) is 12.3 Å². The summed E-state index contributed by atoms with van der Waals surface area (Å²) in [6.45, 7) is 7.75. The Morgan fingerprint density at radius 3 is 2.75 bits per heavy atom. The van der Waals surface area contributed by atoms with Crippen molar-refractivity contribution >= 4 is 23.2 Å². The second-order valence-corrected chi connectivity index (χ2v) is 6.43. The monoisotopic (exact) mass is 409 g/mol. The molecule has 0 saturated carbocycles. The Balaban J connectivity index is 1.82. The number of nitrogens with zero attached hydrogens (tertiary/aromatic N) is 4. The zero-order valence-electron chi connectivity index (χ0n) is 15.9. The van der Waals surface area contributed by atoms with Gasteiger partial charge in [0.15, 0.2) is 6.73 Å². The quantitative estimate of drug-likeness (QED) is 0.347. The summed E-state index contributed by atoms with van der Waals surface area (Å²) in [5.74, 6) is 0.0526. The van der Waals surface area contributed by atoms with Crippen LogP contribution in [0.2, 0.25) is 5.02 Å². The molecular weight excluding hydrogens is 386 g/mol. The Hall–Kier alpha value is -2.65. The van der Waals surface area contributed by atoms with Crippen molar-refractivity contribution in [3.05, 3.63) is 51.3 Å². The predicted octanol–water partition coefficient (Wildman–Crippen LogP) is 2.94. The van der Waals surface area contributed by atoms with Gasteiger partial charge in [0.05, 0.1) is 9.95 Å². The van der Waals surface area contributed by atoms with Gasteiger partial charge in [-0.1, -0.05) is 25.4 Å². The zero-order valence-corrected chi connectivity index (χ0v) is 16.7. The number of nitrogens with one attached hydrogen (secondary N) is 1. The molecule has 0 aliphatic carbocycles. The molecule has 2 aromatic rings. The van der Waals surface area contributed by atoms with Gasteiger partial charge in [0.2, 0.25) is 0 Å². The lowest BCUT2D eigenvalue weighted by Gasteiger charge is -2.17. The number of rotatable bonds is 11. The third kappa shape index (κ3) is 6.21. The first kappa shape index (κ1) is 21.6. The second-order valence-electron chi connectivity index (χ2n) is 6.02. The van der Waals surface area contributed by atoms with E-state index in [0.29, 0.717) is 18.0 Å². The first-order valence-electron chi connectivity index (χ1n) is 9.05. The van der Waals surface area contributed by atoms with Crippen molar-refractivity contribution < 1.29 is 14.5 Å². The van der Waals surface area contributed by atoms with Crippen molar-refractivity contribution in [3.8, 4) is 5.75 Å². The number of nitro groups is 1. The van der Waals surface area contributed by atoms with Gasteiger partial charge in [-0.2, -0.15) is 5.10 Å². The number of benzene rings is 1. The van der Waals surface area contributed by atoms with Gasteiger partial charge in [-0.05, 0) is 38.2 Å². The number of amides is 1. The fourth-order valence-electron chi connectivity index (χ4n) is 2.55. The highest BCUT2D eigenvalue weighted by molar-refractivity contribution is 6.32. The van der Waals surface area contributed by atoms with Gasteiger partial charge in [-0.3, -0.25) is 14.9 Å². The van der Waals surface area contributed by atoms with E-state index < -0.39 is 4.92 Å². The molecule has 152 valence electrons. The number of aromatic nitrogens is 2. The molecule has 1 heterocycles. The van der Waals surface area contributed by atoms with E-state index in [-0.39, 0.29) is 23.3 Å². The van der Waals surface area contributed by atoms with Gasteiger partial charge in [0, 0.05) is 24.9 Å². The lowest BCUT2D eigenvalue weighted by molar-refractivity contribution is -0.384. The van der Waals surface area contributed by atoms with Gasteiger partial charge in [0.1, 0.15) is 11.4 Å². The van der Waals surface area contributed by atoms with Crippen molar-refractivity contribution in [2.24, 2.45) is 0 Å². The molecule has 0 unspecified atom stereocenters. The Morgan fingerprint density at radius 1 is 1.36 bits per heavy atom. The summed E-state index contributed by atoms with van der Waals surface area (Å²) < 4.78 is 6.96. The van der Waals surface area contributed by atoms with E-state index in [0.717, 1.165) is 26.1 Å². The van der Waals surface area contributed by atoms with Crippen LogP contribution >= 0.6 is 11.6 Å². The van der Waals surface area contributed by atoms with Crippen molar-refractivity contribution in [2.45, 2.75) is 27.0 Å². The molecule has 9 nitrogen and oxygen atoms in total. The van der Waals surface area contributed by atoms with Crippen LogP contribution in [0.5, 0.6) is 5.75 Å². The van der Waals surface area contributed by atoms with Gasteiger partial charge < -0.3 is 15.0 Å². The van der Waals surface area contributed by atoms with Crippen LogP contribution in [0.25, 0.3) is 0 Å². The van der Waals surface area contributed by atoms with E-state index in [9.17, 15) is 14.9 Å². The van der Waals surface area contributed by atoms with E-state index in [4.69, 9.17) is 16.3 Å². The smallest absolute Gasteiger partial charge is 0.271 e. The standard InChI is InChI=1S/C18H24ClN5O4/c1-3-22(4-2)10-5-9-20-18(25)16-8-11-23(21-16)13-28-17-7-6-14(24(26)27)12-15(17)19/h6-8,11-12H,3-5,9-10,13H2,1-2H3,(H,20,25). The molecule has 28 heavy (non-hydrogen) atoms. The van der Waals surface area contributed by atoms with Crippen LogP contribution in [0.4, 0.5) is 5.69 Å². The van der Waals surface area contributed by atoms with Crippen molar-refractivity contribution in [1.82, 2.24) is 20.0 Å². The molecule has 1 amide bonds. The topological polar surface area (TPSA) is 103 Å². The largest absolute Gasteiger partial charge is 0.470 e. The molecule has 0 bridgehead atoms. The van der Waals surface area contributed by atoms with Crippen LogP contribution in [0.15, 0.2) is 30.5 Å². The van der Waals surface area contributed by atoms with Gasteiger partial charge in [-0.15, -0.1) is 0 Å². The van der Waals surface area contributed by atoms with E-state index in [1.807, 2.05) is 0 Å². The summed E-state index contributed by atoms with van der Waals surface area (Å²) in [7, 11) is 0. The van der Waals surface area contributed by atoms with E-state index in [1.165, 1.54) is 22.9 Å². The van der Waals surface area contributed by atoms with Crippen molar-refractivity contribution in [2.75, 3.05) is 26.2 Å². The molecule has 1 N–H and O–H groups in total. The van der Waals surface area contributed by atoms with Crippen LogP contribution in [-0.4, -0.2) is 51.7 Å². The van der Waals surface area contributed by atoms with Crippen LogP contribution < -0.4 is 10.1 Å². The normalized spacial score (nSPS) is 10.9. The van der Waals surface area contributed by atoms with Crippen molar-refractivity contribution in [1.29, 1.82) is 0 Å². The average Bonchev–Trinajstić information content (AvgIpc) is 3.16. The molecule has 1 aromatic heterocycles. The fourth-order valence-corrected chi connectivity index (χ4v) is 2.78. The Labute approximate surface area is 168 Å². The molecule has 2 rings (SSSR count). The molecule has 0 atom stereocenters. The van der Waals surface area contributed by atoms with E-state index >= 15 is 0 Å². The lowest BCUT2D eigenvalue weighted by atomic mass is 10.3. The number of carbonyl (C=O) groups excluding carboxylic acids is 1. The summed E-state index contributed by atoms with van der Waals surface area (Å²) >= 11 is 5.98. The second kappa shape index (κ2) is 10.6. The number of ether oxygens (including phenoxy) is 1. The summed E-state index contributed by atoms with van der Waals surface area (Å²) in [4.78, 5) is 24.6. The average molecular weight is 410 g/mol. The van der Waals surface area contributed by atoms with Gasteiger partial charge in [-0.25, -0.2) is 4.68 Å². The van der Waals surface area contributed by atoms with Crippen LogP contribution in [0.3, 0.4) is 0 Å². The first-order valence-corrected chi connectivity index (χ1v) is 9.43. The lowest BCUT2D eigenvalue weighted by Crippen LogP contribution is -2.30. The third-order valence-corrected chi connectivity index (χ3v) is 4.48. The SMILES string of the molecule is CCN(CC)CCCNC(=O)c1ccn(COc2ccc([N+](=O)[O-])cc2Cl)n1. The fraction of sp³-hybridized carbons (Fsp3) is 0.444. The molecule has 1 aromatic carbocycles. The van der Waals surface area contributed by atoms with Crippen LogP contribution in [0.1, 0.15) is 30.8 Å². The zero-order chi connectivity index (χ0) is 20.5. The summed E-state index contributed by atoms with van der Waals surface area (Å²) in [6, 6.07) is 5.55. The maximum atomic E-state index is 12.1. The molecule has 0 aliphatic rings. The molecule has 0 fully saturated rings.